The van der Waals surface area contributed by atoms with Crippen molar-refractivity contribution in [1.29, 1.82) is 0 Å². The van der Waals surface area contributed by atoms with Crippen LogP contribution in [-0.2, 0) is 4.74 Å². The van der Waals surface area contributed by atoms with Gasteiger partial charge in [0.2, 0.25) is 0 Å². The van der Waals surface area contributed by atoms with Gasteiger partial charge in [-0.3, -0.25) is 0 Å². The fourth-order valence-corrected chi connectivity index (χ4v) is 1.57. The molecule has 0 radical (unpaired) electrons. The maximum Gasteiger partial charge on any atom is 0.159 e. The Hall–Kier alpha value is -1.08. The topological polar surface area (TPSA) is 95.7 Å². The molecule has 1 aliphatic heterocycles. The Morgan fingerprint density at radius 3 is 2.40 bits per heavy atom. The molecule has 2 rings (SSSR count). The van der Waals surface area contributed by atoms with Crippen molar-refractivity contribution >= 4 is 0 Å². The summed E-state index contributed by atoms with van der Waals surface area (Å²) < 4.78 is 5.25. The van der Waals surface area contributed by atoms with Crippen LogP contribution >= 0.6 is 0 Å². The van der Waals surface area contributed by atoms with E-state index in [-0.39, 0.29) is 6.61 Å². The Morgan fingerprint density at radius 2 is 1.87 bits per heavy atom. The third kappa shape index (κ3) is 1.84. The number of rotatable bonds is 2. The predicted molar refractivity (Wildman–Crippen MR) is 48.7 cm³/mol. The summed E-state index contributed by atoms with van der Waals surface area (Å²) in [5.74, 6) is 0.306. The van der Waals surface area contributed by atoms with Crippen LogP contribution in [0.1, 0.15) is 11.9 Å². The van der Waals surface area contributed by atoms with Crippen LogP contribution < -0.4 is 0 Å². The molecule has 15 heavy (non-hydrogen) atoms. The third-order valence-corrected chi connectivity index (χ3v) is 2.38. The zero-order valence-corrected chi connectivity index (χ0v) is 7.89. The molecule has 0 aliphatic carbocycles. The highest BCUT2D eigenvalue weighted by atomic mass is 16.6. The molecular weight excluding hydrogens is 200 g/mol. The quantitative estimate of drug-likeness (QED) is 0.560. The van der Waals surface area contributed by atoms with Crippen LogP contribution in [0.3, 0.4) is 0 Å². The minimum atomic E-state index is -1.11. The molecule has 0 unspecified atom stereocenters. The van der Waals surface area contributed by atoms with Crippen LogP contribution in [-0.4, -0.2) is 50.2 Å². The van der Waals surface area contributed by atoms with Crippen molar-refractivity contribution < 1.29 is 20.1 Å². The van der Waals surface area contributed by atoms with Gasteiger partial charge in [0, 0.05) is 12.4 Å². The zero-order chi connectivity index (χ0) is 10.8. The zero-order valence-electron chi connectivity index (χ0n) is 7.89. The van der Waals surface area contributed by atoms with Gasteiger partial charge in [-0.1, -0.05) is 0 Å². The average molecular weight is 212 g/mol. The van der Waals surface area contributed by atoms with Crippen molar-refractivity contribution in [3.05, 3.63) is 24.3 Å². The molecule has 3 N–H and O–H groups in total. The molecule has 1 saturated heterocycles. The summed E-state index contributed by atoms with van der Waals surface area (Å²) in [7, 11) is 0. The first-order valence-corrected chi connectivity index (χ1v) is 4.63. The van der Waals surface area contributed by atoms with Gasteiger partial charge in [0.05, 0.1) is 6.61 Å². The van der Waals surface area contributed by atoms with E-state index < -0.39 is 24.4 Å². The van der Waals surface area contributed by atoms with Gasteiger partial charge in [0.15, 0.2) is 5.82 Å². The van der Waals surface area contributed by atoms with Crippen LogP contribution in [0.4, 0.5) is 0 Å². The second kappa shape index (κ2) is 4.19. The summed E-state index contributed by atoms with van der Waals surface area (Å²) in [6.45, 7) is -0.346. The van der Waals surface area contributed by atoms with Crippen molar-refractivity contribution in [3.63, 3.8) is 0 Å². The lowest BCUT2D eigenvalue weighted by atomic mass is 10.1. The number of nitrogens with zero attached hydrogens (tertiary/aromatic N) is 2. The van der Waals surface area contributed by atoms with Gasteiger partial charge in [0.1, 0.15) is 24.4 Å². The fourth-order valence-electron chi connectivity index (χ4n) is 1.57. The third-order valence-electron chi connectivity index (χ3n) is 2.38. The van der Waals surface area contributed by atoms with E-state index in [0.29, 0.717) is 5.82 Å². The smallest absolute Gasteiger partial charge is 0.159 e. The molecule has 82 valence electrons. The van der Waals surface area contributed by atoms with E-state index in [1.54, 1.807) is 6.07 Å². The summed E-state index contributed by atoms with van der Waals surface area (Å²) in [6, 6.07) is 1.64. The Balaban J connectivity index is 2.19. The van der Waals surface area contributed by atoms with Crippen molar-refractivity contribution in [2.75, 3.05) is 6.61 Å². The number of ether oxygens (including phenoxy) is 1. The maximum absolute atomic E-state index is 9.65. The molecular formula is C9H12N2O4. The number of hydrogen-bond acceptors (Lipinski definition) is 6. The van der Waals surface area contributed by atoms with Crippen LogP contribution in [0.2, 0.25) is 0 Å². The van der Waals surface area contributed by atoms with Crippen molar-refractivity contribution in [2.24, 2.45) is 0 Å². The average Bonchev–Trinajstić information content (AvgIpc) is 2.57. The van der Waals surface area contributed by atoms with E-state index in [9.17, 15) is 10.2 Å². The van der Waals surface area contributed by atoms with Crippen molar-refractivity contribution in [2.45, 2.75) is 24.4 Å². The lowest BCUT2D eigenvalue weighted by Gasteiger charge is -2.12. The standard InChI is InChI=1S/C9H12N2O4/c12-4-5-6(13)7(14)8(15-5)9-10-2-1-3-11-9/h1-3,5-8,12-14H,4H2/t5-,6-,7-,8-/m0/s1. The van der Waals surface area contributed by atoms with Gasteiger partial charge in [0.25, 0.3) is 0 Å². The molecule has 1 aliphatic rings. The Kier molecular flexibility index (Phi) is 2.92. The fraction of sp³-hybridized carbons (Fsp3) is 0.556. The highest BCUT2D eigenvalue weighted by Crippen LogP contribution is 2.31. The SMILES string of the molecule is OC[C@@H]1O[C@H](c2ncccn2)[C@@H](O)[C@H]1O. The predicted octanol–water partition coefficient (Wildman–Crippen LogP) is -1.37. The first-order valence-electron chi connectivity index (χ1n) is 4.63. The van der Waals surface area contributed by atoms with Crippen molar-refractivity contribution in [3.8, 4) is 0 Å². The van der Waals surface area contributed by atoms with Gasteiger partial charge in [-0.2, -0.15) is 0 Å². The van der Waals surface area contributed by atoms with Crippen molar-refractivity contribution in [1.82, 2.24) is 9.97 Å². The lowest BCUT2D eigenvalue weighted by Crippen LogP contribution is -2.32. The Labute approximate surface area is 86.2 Å². The van der Waals surface area contributed by atoms with E-state index in [4.69, 9.17) is 9.84 Å². The minimum Gasteiger partial charge on any atom is -0.394 e. The van der Waals surface area contributed by atoms with Gasteiger partial charge >= 0.3 is 0 Å². The number of aliphatic hydroxyl groups is 3. The second-order valence-corrected chi connectivity index (χ2v) is 3.37. The van der Waals surface area contributed by atoms with E-state index in [1.165, 1.54) is 12.4 Å². The molecule has 2 heterocycles. The molecule has 1 fully saturated rings. The first kappa shape index (κ1) is 10.4. The lowest BCUT2D eigenvalue weighted by molar-refractivity contribution is -0.0253. The van der Waals surface area contributed by atoms with Gasteiger partial charge < -0.3 is 20.1 Å². The highest BCUT2D eigenvalue weighted by Gasteiger charge is 2.44. The molecule has 6 heteroatoms. The molecule has 1 aromatic rings. The Bertz CT molecular complexity index is 321. The van der Waals surface area contributed by atoms with Crippen LogP contribution in [0.5, 0.6) is 0 Å². The molecule has 0 spiro atoms. The monoisotopic (exact) mass is 212 g/mol. The summed E-state index contributed by atoms with van der Waals surface area (Å²) in [5, 5.41) is 28.0. The maximum atomic E-state index is 9.65. The van der Waals surface area contributed by atoms with E-state index in [1.807, 2.05) is 0 Å². The second-order valence-electron chi connectivity index (χ2n) is 3.37. The highest BCUT2D eigenvalue weighted by molar-refractivity contribution is 5.02. The van der Waals surface area contributed by atoms with E-state index in [2.05, 4.69) is 9.97 Å². The molecule has 6 nitrogen and oxygen atoms in total. The molecule has 0 bridgehead atoms. The summed E-state index contributed by atoms with van der Waals surface area (Å²) in [4.78, 5) is 7.85. The summed E-state index contributed by atoms with van der Waals surface area (Å²) in [6.07, 6.45) is -0.728. The normalized spacial score (nSPS) is 35.7. The number of aromatic nitrogens is 2. The Morgan fingerprint density at radius 1 is 1.20 bits per heavy atom. The molecule has 1 aromatic heterocycles. The van der Waals surface area contributed by atoms with E-state index in [0.717, 1.165) is 0 Å². The van der Waals surface area contributed by atoms with Crippen LogP contribution in [0, 0.1) is 0 Å². The summed E-state index contributed by atoms with van der Waals surface area (Å²) >= 11 is 0. The van der Waals surface area contributed by atoms with E-state index >= 15 is 0 Å². The molecule has 4 atom stereocenters. The van der Waals surface area contributed by atoms with Crippen LogP contribution in [0.25, 0.3) is 0 Å². The summed E-state index contributed by atoms with van der Waals surface area (Å²) in [5.41, 5.74) is 0. The number of aliphatic hydroxyl groups excluding tert-OH is 3. The molecule has 0 amide bonds. The molecule has 0 saturated carbocycles. The van der Waals surface area contributed by atoms with Gasteiger partial charge in [-0.15, -0.1) is 0 Å². The van der Waals surface area contributed by atoms with Crippen LogP contribution in [0.15, 0.2) is 18.5 Å². The minimum absolute atomic E-state index is 0.306. The van der Waals surface area contributed by atoms with Gasteiger partial charge in [-0.25, -0.2) is 9.97 Å². The molecule has 0 aromatic carbocycles. The first-order chi connectivity index (χ1) is 7.24. The van der Waals surface area contributed by atoms with Gasteiger partial charge in [-0.05, 0) is 6.07 Å². The largest absolute Gasteiger partial charge is 0.394 e. The number of hydrogen-bond donors (Lipinski definition) is 3.